The van der Waals surface area contributed by atoms with E-state index in [1.807, 2.05) is 0 Å². The van der Waals surface area contributed by atoms with Crippen LogP contribution in [-0.4, -0.2) is 24.4 Å². The first-order valence-corrected chi connectivity index (χ1v) is 8.87. The van der Waals surface area contributed by atoms with Gasteiger partial charge >= 0.3 is 0 Å². The molecule has 132 valence electrons. The summed E-state index contributed by atoms with van der Waals surface area (Å²) < 4.78 is 0. The minimum Gasteiger partial charge on any atom is -0.352 e. The first kappa shape index (κ1) is 21.4. The third kappa shape index (κ3) is 12.6. The fourth-order valence-corrected chi connectivity index (χ4v) is 2.41. The Morgan fingerprint density at radius 1 is 1.13 bits per heavy atom. The molecule has 1 saturated carbocycles. The summed E-state index contributed by atoms with van der Waals surface area (Å²) in [5.41, 5.74) is 0.588. The maximum absolute atomic E-state index is 11.0. The summed E-state index contributed by atoms with van der Waals surface area (Å²) in [7, 11) is 0. The van der Waals surface area contributed by atoms with Gasteiger partial charge in [-0.3, -0.25) is 9.59 Å². The molecule has 2 N–H and O–H groups in total. The van der Waals surface area contributed by atoms with Crippen LogP contribution in [0.4, 0.5) is 0 Å². The third-order valence-electron chi connectivity index (χ3n) is 3.84. The molecule has 1 fully saturated rings. The molecule has 0 aromatic heterocycles. The second kappa shape index (κ2) is 14.0. The molecule has 23 heavy (non-hydrogen) atoms. The van der Waals surface area contributed by atoms with Crippen LogP contribution in [0.1, 0.15) is 71.6 Å². The molecule has 2 amide bonds. The van der Waals surface area contributed by atoms with Gasteiger partial charge < -0.3 is 10.6 Å². The summed E-state index contributed by atoms with van der Waals surface area (Å²) in [5, 5.41) is 5.71. The summed E-state index contributed by atoms with van der Waals surface area (Å²) in [6.07, 6.45) is 12.2. The van der Waals surface area contributed by atoms with Crippen LogP contribution in [0.25, 0.3) is 0 Å². The van der Waals surface area contributed by atoms with Gasteiger partial charge in [0.2, 0.25) is 11.8 Å². The van der Waals surface area contributed by atoms with E-state index in [1.54, 1.807) is 6.92 Å². The summed E-state index contributed by atoms with van der Waals surface area (Å²) >= 11 is 0. The Morgan fingerprint density at radius 3 is 2.30 bits per heavy atom. The fraction of sp³-hybridized carbons (Fsp3) is 0.684. The maximum atomic E-state index is 11.0. The smallest absolute Gasteiger partial charge is 0.246 e. The van der Waals surface area contributed by atoms with Crippen molar-refractivity contribution in [1.29, 1.82) is 0 Å². The van der Waals surface area contributed by atoms with Crippen LogP contribution in [0.15, 0.2) is 24.8 Å². The van der Waals surface area contributed by atoms with Crippen molar-refractivity contribution in [2.24, 2.45) is 0 Å². The highest BCUT2D eigenvalue weighted by Gasteiger charge is 2.13. The molecule has 0 unspecified atom stereocenters. The average molecular weight is 322 g/mol. The fourth-order valence-electron chi connectivity index (χ4n) is 2.41. The molecule has 0 aliphatic heterocycles. The standard InChI is InChI=1S/C10H19NO.C9H15NO/c1-4-5-6-7-8-11-10(12)9(2)3;1-2-9(11)10-8-6-4-3-5-7-8/h2,4-8H2,1,3H3,(H,11,12);2,8H,1,3-7H2,(H,10,11). The van der Waals surface area contributed by atoms with Crippen molar-refractivity contribution in [3.63, 3.8) is 0 Å². The number of carbonyl (C=O) groups is 2. The Kier molecular flexibility index (Phi) is 13.1. The lowest BCUT2D eigenvalue weighted by Gasteiger charge is -2.21. The molecular formula is C19H34N2O2. The maximum Gasteiger partial charge on any atom is 0.246 e. The number of hydrogen-bond acceptors (Lipinski definition) is 2. The highest BCUT2D eigenvalue weighted by Crippen LogP contribution is 2.17. The highest BCUT2D eigenvalue weighted by atomic mass is 16.2. The van der Waals surface area contributed by atoms with E-state index < -0.39 is 0 Å². The highest BCUT2D eigenvalue weighted by molar-refractivity contribution is 5.92. The van der Waals surface area contributed by atoms with Crippen LogP contribution in [0, 0.1) is 0 Å². The van der Waals surface area contributed by atoms with Gasteiger partial charge in [-0.25, -0.2) is 0 Å². The van der Waals surface area contributed by atoms with Crippen LogP contribution >= 0.6 is 0 Å². The van der Waals surface area contributed by atoms with Gasteiger partial charge in [-0.2, -0.15) is 0 Å². The summed E-state index contributed by atoms with van der Waals surface area (Å²) in [4.78, 5) is 21.8. The molecule has 1 aliphatic rings. The lowest BCUT2D eigenvalue weighted by Crippen LogP contribution is -2.34. The summed E-state index contributed by atoms with van der Waals surface area (Å²) in [6, 6.07) is 0.411. The second-order valence-electron chi connectivity index (χ2n) is 6.14. The molecule has 4 heteroatoms. The Labute approximate surface area is 141 Å². The van der Waals surface area contributed by atoms with E-state index in [9.17, 15) is 9.59 Å². The van der Waals surface area contributed by atoms with Gasteiger partial charge in [-0.15, -0.1) is 0 Å². The number of hydrogen-bond donors (Lipinski definition) is 2. The second-order valence-corrected chi connectivity index (χ2v) is 6.14. The number of carbonyl (C=O) groups excluding carboxylic acids is 2. The van der Waals surface area contributed by atoms with Gasteiger partial charge in [0, 0.05) is 18.2 Å². The number of unbranched alkanes of at least 4 members (excludes halogenated alkanes) is 3. The zero-order valence-corrected chi connectivity index (χ0v) is 15.0. The lowest BCUT2D eigenvalue weighted by molar-refractivity contribution is -0.118. The van der Waals surface area contributed by atoms with E-state index in [0.29, 0.717) is 11.6 Å². The normalized spacial score (nSPS) is 14.2. The Morgan fingerprint density at radius 2 is 1.78 bits per heavy atom. The van der Waals surface area contributed by atoms with Crippen LogP contribution in [0.3, 0.4) is 0 Å². The average Bonchev–Trinajstić information content (AvgIpc) is 2.55. The van der Waals surface area contributed by atoms with Crippen molar-refractivity contribution in [2.75, 3.05) is 6.54 Å². The zero-order chi connectivity index (χ0) is 17.5. The molecule has 0 aromatic carbocycles. The van der Waals surface area contributed by atoms with E-state index >= 15 is 0 Å². The van der Waals surface area contributed by atoms with Crippen molar-refractivity contribution in [3.8, 4) is 0 Å². The van der Waals surface area contributed by atoms with Crippen LogP contribution in [-0.2, 0) is 9.59 Å². The Hall–Kier alpha value is -1.58. The van der Waals surface area contributed by atoms with Crippen molar-refractivity contribution in [1.82, 2.24) is 10.6 Å². The minimum absolute atomic E-state index is 0.0218. The minimum atomic E-state index is -0.0306. The van der Waals surface area contributed by atoms with Crippen molar-refractivity contribution in [2.45, 2.75) is 77.7 Å². The SMILES string of the molecule is C=C(C)C(=O)NCCCCCC.C=CC(=O)NC1CCCCC1. The first-order valence-electron chi connectivity index (χ1n) is 8.87. The molecule has 1 aliphatic carbocycles. The molecule has 0 radical (unpaired) electrons. The van der Waals surface area contributed by atoms with Crippen molar-refractivity contribution >= 4 is 11.8 Å². The van der Waals surface area contributed by atoms with Crippen molar-refractivity contribution in [3.05, 3.63) is 24.8 Å². The van der Waals surface area contributed by atoms with Crippen LogP contribution in [0.5, 0.6) is 0 Å². The third-order valence-corrected chi connectivity index (χ3v) is 3.84. The zero-order valence-electron chi connectivity index (χ0n) is 15.0. The van der Waals surface area contributed by atoms with Gasteiger partial charge in [0.05, 0.1) is 0 Å². The molecule has 0 atom stereocenters. The van der Waals surface area contributed by atoms with Gasteiger partial charge in [0.15, 0.2) is 0 Å². The largest absolute Gasteiger partial charge is 0.352 e. The first-order chi connectivity index (χ1) is 11.0. The van der Waals surface area contributed by atoms with Crippen molar-refractivity contribution < 1.29 is 9.59 Å². The van der Waals surface area contributed by atoms with Gasteiger partial charge in [-0.1, -0.05) is 58.6 Å². The molecule has 0 spiro atoms. The molecule has 0 bridgehead atoms. The van der Waals surface area contributed by atoms with E-state index in [4.69, 9.17) is 0 Å². The van der Waals surface area contributed by atoms with Gasteiger partial charge in [0.25, 0.3) is 0 Å². The Balaban J connectivity index is 0.000000422. The van der Waals surface area contributed by atoms with Gasteiger partial charge in [-0.05, 0) is 32.3 Å². The molecule has 1 rings (SSSR count). The quantitative estimate of drug-likeness (QED) is 0.526. The molecule has 0 saturated heterocycles. The molecule has 0 heterocycles. The van der Waals surface area contributed by atoms with Gasteiger partial charge in [0.1, 0.15) is 0 Å². The van der Waals surface area contributed by atoms with Crippen LogP contribution in [0.2, 0.25) is 0 Å². The Bertz CT molecular complexity index is 372. The summed E-state index contributed by atoms with van der Waals surface area (Å²) in [6.45, 7) is 11.7. The molecule has 0 aromatic rings. The number of rotatable bonds is 8. The number of nitrogens with one attached hydrogen (secondary N) is 2. The molecule has 4 nitrogen and oxygen atoms in total. The number of amides is 2. The van der Waals surface area contributed by atoms with E-state index in [-0.39, 0.29) is 11.8 Å². The monoisotopic (exact) mass is 322 g/mol. The van der Waals surface area contributed by atoms with Crippen LogP contribution < -0.4 is 10.6 Å². The lowest BCUT2D eigenvalue weighted by atomic mass is 9.95. The molecular weight excluding hydrogens is 288 g/mol. The topological polar surface area (TPSA) is 58.2 Å². The summed E-state index contributed by atoms with van der Waals surface area (Å²) in [5.74, 6) is -0.0524. The van der Waals surface area contributed by atoms with E-state index in [2.05, 4.69) is 30.7 Å². The van der Waals surface area contributed by atoms with E-state index in [0.717, 1.165) is 25.8 Å². The predicted molar refractivity (Wildman–Crippen MR) is 97.2 cm³/mol. The predicted octanol–water partition coefficient (Wildman–Crippen LogP) is 3.88. The van der Waals surface area contributed by atoms with E-state index in [1.165, 1.54) is 44.6 Å².